The van der Waals surface area contributed by atoms with E-state index in [2.05, 4.69) is 5.32 Å². The first kappa shape index (κ1) is 12.5. The van der Waals surface area contributed by atoms with Gasteiger partial charge in [-0.25, -0.2) is 0 Å². The lowest BCUT2D eigenvalue weighted by molar-refractivity contribution is -0.127. The van der Waals surface area contributed by atoms with E-state index in [-0.39, 0.29) is 12.3 Å². The molecule has 0 unspecified atom stereocenters. The predicted octanol–water partition coefficient (Wildman–Crippen LogP) is 2.36. The molecule has 1 heterocycles. The van der Waals surface area contributed by atoms with Gasteiger partial charge in [-0.3, -0.25) is 4.79 Å². The summed E-state index contributed by atoms with van der Waals surface area (Å²) in [6.07, 6.45) is 0.177. The van der Waals surface area contributed by atoms with Gasteiger partial charge in [0.2, 0.25) is 5.91 Å². The first-order valence-electron chi connectivity index (χ1n) is 6.51. The number of rotatable bonds is 4. The van der Waals surface area contributed by atoms with Gasteiger partial charge in [0, 0.05) is 0 Å². The lowest BCUT2D eigenvalue weighted by Gasteiger charge is -2.29. The molecule has 4 nitrogen and oxygen atoms in total. The molecule has 20 heavy (non-hydrogen) atoms. The van der Waals surface area contributed by atoms with Crippen LogP contribution < -0.4 is 14.8 Å². The van der Waals surface area contributed by atoms with E-state index >= 15 is 0 Å². The van der Waals surface area contributed by atoms with Crippen LogP contribution in [0, 0.1) is 0 Å². The minimum Gasteiger partial charge on any atom is -0.450 e. The molecule has 1 aliphatic heterocycles. The summed E-state index contributed by atoms with van der Waals surface area (Å²) in [6, 6.07) is 18.7. The Hall–Kier alpha value is -2.49. The number of carbonyl (C=O) groups is 1. The third-order valence-electron chi connectivity index (χ3n) is 3.08. The van der Waals surface area contributed by atoms with Crippen LogP contribution in [0.5, 0.6) is 11.5 Å². The SMILES string of the molecule is O=C1CC(Oc2ccccc2)(Oc2ccccc2)CN1. The van der Waals surface area contributed by atoms with Crippen LogP contribution in [0.25, 0.3) is 0 Å². The largest absolute Gasteiger partial charge is 0.450 e. The average molecular weight is 269 g/mol. The van der Waals surface area contributed by atoms with E-state index in [1.165, 1.54) is 0 Å². The van der Waals surface area contributed by atoms with Gasteiger partial charge in [-0.1, -0.05) is 36.4 Å². The van der Waals surface area contributed by atoms with Crippen molar-refractivity contribution >= 4 is 5.91 Å². The summed E-state index contributed by atoms with van der Waals surface area (Å²) >= 11 is 0. The van der Waals surface area contributed by atoms with Gasteiger partial charge in [0.05, 0.1) is 6.54 Å². The fraction of sp³-hybridized carbons (Fsp3) is 0.188. The Morgan fingerprint density at radius 2 is 1.35 bits per heavy atom. The van der Waals surface area contributed by atoms with Crippen LogP contribution in [0.4, 0.5) is 0 Å². The Bertz CT molecular complexity index is 542. The van der Waals surface area contributed by atoms with Crippen molar-refractivity contribution in [1.29, 1.82) is 0 Å². The maximum absolute atomic E-state index is 11.6. The molecule has 4 heteroatoms. The molecule has 0 saturated carbocycles. The second kappa shape index (κ2) is 5.25. The number of hydrogen-bond donors (Lipinski definition) is 1. The second-order valence-electron chi connectivity index (χ2n) is 4.69. The lowest BCUT2D eigenvalue weighted by atomic mass is 10.2. The first-order valence-corrected chi connectivity index (χ1v) is 6.51. The normalized spacial score (nSPS) is 16.5. The molecule has 1 fully saturated rings. The molecule has 2 aromatic rings. The first-order chi connectivity index (χ1) is 9.76. The van der Waals surface area contributed by atoms with Crippen molar-refractivity contribution in [3.63, 3.8) is 0 Å². The number of ether oxygens (including phenoxy) is 2. The summed E-state index contributed by atoms with van der Waals surface area (Å²) < 4.78 is 11.9. The molecule has 0 atom stereocenters. The van der Waals surface area contributed by atoms with Crippen LogP contribution in [-0.4, -0.2) is 18.2 Å². The van der Waals surface area contributed by atoms with Gasteiger partial charge in [0.1, 0.15) is 17.9 Å². The molecule has 1 saturated heterocycles. The van der Waals surface area contributed by atoms with Crippen LogP contribution in [0.1, 0.15) is 6.42 Å². The zero-order valence-electron chi connectivity index (χ0n) is 10.9. The molecule has 2 aromatic carbocycles. The Kier molecular flexibility index (Phi) is 3.29. The van der Waals surface area contributed by atoms with E-state index in [0.717, 1.165) is 0 Å². The summed E-state index contributed by atoms with van der Waals surface area (Å²) in [5.41, 5.74) is 0. The fourth-order valence-corrected chi connectivity index (χ4v) is 2.17. The van der Waals surface area contributed by atoms with Crippen molar-refractivity contribution in [3.8, 4) is 11.5 Å². The minimum absolute atomic E-state index is 0.0723. The van der Waals surface area contributed by atoms with Crippen LogP contribution in [0.2, 0.25) is 0 Å². The van der Waals surface area contributed by atoms with E-state index in [1.54, 1.807) is 0 Å². The standard InChI is InChI=1S/C16H15NO3/c18-15-11-16(12-17-15,19-13-7-3-1-4-8-13)20-14-9-5-2-6-10-14/h1-10H,11-12H2,(H,17,18). The van der Waals surface area contributed by atoms with Crippen molar-refractivity contribution in [3.05, 3.63) is 60.7 Å². The summed E-state index contributed by atoms with van der Waals surface area (Å²) in [5, 5.41) is 2.76. The minimum atomic E-state index is -0.986. The van der Waals surface area contributed by atoms with Crippen LogP contribution in [-0.2, 0) is 4.79 Å². The number of hydrogen-bond acceptors (Lipinski definition) is 3. The van der Waals surface area contributed by atoms with Gasteiger partial charge < -0.3 is 14.8 Å². The number of nitrogens with one attached hydrogen (secondary N) is 1. The molecule has 102 valence electrons. The summed E-state index contributed by atoms with van der Waals surface area (Å²) in [4.78, 5) is 11.6. The van der Waals surface area contributed by atoms with E-state index in [1.807, 2.05) is 60.7 Å². The van der Waals surface area contributed by atoms with Gasteiger partial charge in [-0.15, -0.1) is 0 Å². The Morgan fingerprint density at radius 3 is 1.75 bits per heavy atom. The maximum atomic E-state index is 11.6. The van der Waals surface area contributed by atoms with Crippen LogP contribution >= 0.6 is 0 Å². The molecule has 3 rings (SSSR count). The molecule has 0 bridgehead atoms. The van der Waals surface area contributed by atoms with Crippen molar-refractivity contribution in [2.45, 2.75) is 12.2 Å². The molecular weight excluding hydrogens is 254 g/mol. The zero-order chi connectivity index (χ0) is 13.8. The maximum Gasteiger partial charge on any atom is 0.277 e. The molecule has 0 spiro atoms. The molecule has 1 N–H and O–H groups in total. The van der Waals surface area contributed by atoms with Gasteiger partial charge in [0.25, 0.3) is 5.79 Å². The Morgan fingerprint density at radius 1 is 0.850 bits per heavy atom. The van der Waals surface area contributed by atoms with Crippen molar-refractivity contribution in [2.75, 3.05) is 6.54 Å². The smallest absolute Gasteiger partial charge is 0.277 e. The third-order valence-corrected chi connectivity index (χ3v) is 3.08. The van der Waals surface area contributed by atoms with Crippen molar-refractivity contribution in [2.24, 2.45) is 0 Å². The van der Waals surface area contributed by atoms with E-state index in [9.17, 15) is 4.79 Å². The monoisotopic (exact) mass is 269 g/mol. The second-order valence-corrected chi connectivity index (χ2v) is 4.69. The highest BCUT2D eigenvalue weighted by atomic mass is 16.7. The molecule has 0 aromatic heterocycles. The highest BCUT2D eigenvalue weighted by Gasteiger charge is 2.43. The topological polar surface area (TPSA) is 47.6 Å². The van der Waals surface area contributed by atoms with E-state index < -0.39 is 5.79 Å². The molecule has 0 aliphatic carbocycles. The van der Waals surface area contributed by atoms with Gasteiger partial charge in [0.15, 0.2) is 0 Å². The highest BCUT2D eigenvalue weighted by Crippen LogP contribution is 2.28. The average Bonchev–Trinajstić information content (AvgIpc) is 2.82. The summed E-state index contributed by atoms with van der Waals surface area (Å²) in [5.74, 6) is 0.302. The van der Waals surface area contributed by atoms with Crippen LogP contribution in [0.15, 0.2) is 60.7 Å². The van der Waals surface area contributed by atoms with Crippen molar-refractivity contribution < 1.29 is 14.3 Å². The number of para-hydroxylation sites is 2. The number of amides is 1. The molecular formula is C16H15NO3. The fourth-order valence-electron chi connectivity index (χ4n) is 2.17. The third kappa shape index (κ3) is 2.74. The van der Waals surface area contributed by atoms with Gasteiger partial charge in [-0.05, 0) is 24.3 Å². The molecule has 1 aliphatic rings. The Labute approximate surface area is 117 Å². The number of benzene rings is 2. The summed E-state index contributed by atoms with van der Waals surface area (Å²) in [6.45, 7) is 0.329. The predicted molar refractivity (Wildman–Crippen MR) is 74.5 cm³/mol. The summed E-state index contributed by atoms with van der Waals surface area (Å²) in [7, 11) is 0. The lowest BCUT2D eigenvalue weighted by Crippen LogP contribution is -2.44. The zero-order valence-corrected chi connectivity index (χ0v) is 10.9. The van der Waals surface area contributed by atoms with Crippen molar-refractivity contribution in [1.82, 2.24) is 5.32 Å². The molecule has 1 amide bonds. The quantitative estimate of drug-likeness (QED) is 0.867. The molecule has 0 radical (unpaired) electrons. The highest BCUT2D eigenvalue weighted by molar-refractivity contribution is 5.79. The number of carbonyl (C=O) groups excluding carboxylic acids is 1. The van der Waals surface area contributed by atoms with E-state index in [4.69, 9.17) is 9.47 Å². The Balaban J connectivity index is 1.84. The van der Waals surface area contributed by atoms with Gasteiger partial charge in [-0.2, -0.15) is 0 Å². The van der Waals surface area contributed by atoms with Crippen LogP contribution in [0.3, 0.4) is 0 Å². The van der Waals surface area contributed by atoms with E-state index in [0.29, 0.717) is 18.0 Å². The van der Waals surface area contributed by atoms with Gasteiger partial charge >= 0.3 is 0 Å².